The molecular formula is C8H9Si. The van der Waals surface area contributed by atoms with Gasteiger partial charge in [0.25, 0.3) is 0 Å². The molecule has 45 valence electrons. The molecular weight excluding hydrogens is 124 g/mol. The zero-order valence-corrected chi connectivity index (χ0v) is 6.30. The van der Waals surface area contributed by atoms with E-state index in [1.54, 1.807) is 0 Å². The maximum absolute atomic E-state index is 3.72. The van der Waals surface area contributed by atoms with Crippen LogP contribution in [0.4, 0.5) is 0 Å². The normalized spacial score (nSPS) is 32.6. The fourth-order valence-corrected chi connectivity index (χ4v) is 1.00. The van der Waals surface area contributed by atoms with Crippen LogP contribution in [0, 0.1) is 0 Å². The van der Waals surface area contributed by atoms with Gasteiger partial charge < -0.3 is 0 Å². The van der Waals surface area contributed by atoms with E-state index in [1.807, 2.05) is 18.2 Å². The molecule has 3 radical (unpaired) electrons. The van der Waals surface area contributed by atoms with Gasteiger partial charge in [0.15, 0.2) is 0 Å². The van der Waals surface area contributed by atoms with Crippen molar-refractivity contribution in [3.8, 4) is 0 Å². The topological polar surface area (TPSA) is 0 Å². The molecule has 1 aliphatic carbocycles. The SMILES string of the molecule is C=CC1([Si])C=CC=CC1. The number of hydrogen-bond acceptors (Lipinski definition) is 0. The van der Waals surface area contributed by atoms with Crippen molar-refractivity contribution in [2.24, 2.45) is 0 Å². The maximum Gasteiger partial charge on any atom is 0.0431 e. The lowest BCUT2D eigenvalue weighted by Crippen LogP contribution is -2.05. The first-order valence-electron chi connectivity index (χ1n) is 3.00. The van der Waals surface area contributed by atoms with Crippen molar-refractivity contribution in [2.45, 2.75) is 11.5 Å². The third kappa shape index (κ3) is 1.42. The number of allylic oxidation sites excluding steroid dienone is 5. The molecule has 0 heterocycles. The first kappa shape index (κ1) is 6.56. The smallest absolute Gasteiger partial charge is 0.0431 e. The average Bonchev–Trinajstić information content (AvgIpc) is 1.90. The molecule has 0 aromatic rings. The lowest BCUT2D eigenvalue weighted by Gasteiger charge is -2.20. The Bertz CT molecular complexity index is 167. The third-order valence-electron chi connectivity index (χ3n) is 1.46. The van der Waals surface area contributed by atoms with Crippen molar-refractivity contribution in [3.05, 3.63) is 37.0 Å². The molecule has 1 unspecified atom stereocenters. The van der Waals surface area contributed by atoms with E-state index in [0.29, 0.717) is 0 Å². The monoisotopic (exact) mass is 133 g/mol. The van der Waals surface area contributed by atoms with E-state index < -0.39 is 0 Å². The molecule has 0 spiro atoms. The molecule has 1 rings (SSSR count). The first-order valence-corrected chi connectivity index (χ1v) is 3.50. The van der Waals surface area contributed by atoms with Crippen LogP contribution in [0.5, 0.6) is 0 Å². The molecule has 0 fully saturated rings. The van der Waals surface area contributed by atoms with E-state index in [9.17, 15) is 0 Å². The van der Waals surface area contributed by atoms with Gasteiger partial charge in [0.05, 0.1) is 0 Å². The Morgan fingerprint density at radius 2 is 2.33 bits per heavy atom. The molecule has 0 bridgehead atoms. The van der Waals surface area contributed by atoms with E-state index in [2.05, 4.69) is 29.0 Å². The number of rotatable bonds is 1. The lowest BCUT2D eigenvalue weighted by atomic mass is 10.00. The van der Waals surface area contributed by atoms with Crippen molar-refractivity contribution in [2.75, 3.05) is 0 Å². The van der Waals surface area contributed by atoms with E-state index in [1.165, 1.54) is 0 Å². The van der Waals surface area contributed by atoms with Gasteiger partial charge in [-0.1, -0.05) is 30.4 Å². The molecule has 1 aliphatic rings. The van der Waals surface area contributed by atoms with E-state index in [4.69, 9.17) is 0 Å². The van der Waals surface area contributed by atoms with E-state index in [-0.39, 0.29) is 5.04 Å². The highest BCUT2D eigenvalue weighted by Crippen LogP contribution is 2.32. The highest BCUT2D eigenvalue weighted by atomic mass is 28.1. The fourth-order valence-electron chi connectivity index (χ4n) is 0.788. The van der Waals surface area contributed by atoms with E-state index in [0.717, 1.165) is 6.42 Å². The van der Waals surface area contributed by atoms with Crippen molar-refractivity contribution in [3.63, 3.8) is 0 Å². The summed E-state index contributed by atoms with van der Waals surface area (Å²) in [5, 5.41) is 0.0226. The van der Waals surface area contributed by atoms with Crippen molar-refractivity contribution in [1.29, 1.82) is 0 Å². The Morgan fingerprint density at radius 1 is 1.56 bits per heavy atom. The minimum atomic E-state index is 0.0226. The predicted molar refractivity (Wildman–Crippen MR) is 41.5 cm³/mol. The highest BCUT2D eigenvalue weighted by Gasteiger charge is 2.14. The standard InChI is InChI=1S/C8H9Si/c1-2-8(9)6-4-3-5-7-8/h2-6H,1,7H2. The van der Waals surface area contributed by atoms with Gasteiger partial charge in [-0.05, 0) is 11.5 Å². The minimum Gasteiger partial charge on any atom is -0.103 e. The zero-order valence-electron chi connectivity index (χ0n) is 5.30. The molecule has 1 atom stereocenters. The summed E-state index contributed by atoms with van der Waals surface area (Å²) in [6.07, 6.45) is 11.2. The molecule has 0 saturated carbocycles. The van der Waals surface area contributed by atoms with Crippen LogP contribution in [0.15, 0.2) is 37.0 Å². The summed E-state index contributed by atoms with van der Waals surface area (Å²) in [6.45, 7) is 3.72. The first-order chi connectivity index (χ1) is 4.27. The van der Waals surface area contributed by atoms with E-state index >= 15 is 0 Å². The van der Waals surface area contributed by atoms with Gasteiger partial charge >= 0.3 is 0 Å². The summed E-state index contributed by atoms with van der Waals surface area (Å²) in [6, 6.07) is 0. The van der Waals surface area contributed by atoms with Crippen LogP contribution < -0.4 is 0 Å². The van der Waals surface area contributed by atoms with Crippen molar-refractivity contribution in [1.82, 2.24) is 0 Å². The summed E-state index contributed by atoms with van der Waals surface area (Å²) in [4.78, 5) is 0. The Balaban J connectivity index is 2.73. The van der Waals surface area contributed by atoms with Crippen molar-refractivity contribution < 1.29 is 0 Å². The second-order valence-corrected chi connectivity index (χ2v) is 3.17. The Labute approximate surface area is 59.4 Å². The fraction of sp³-hybridized carbons (Fsp3) is 0.250. The van der Waals surface area contributed by atoms with Gasteiger partial charge in [-0.3, -0.25) is 0 Å². The van der Waals surface area contributed by atoms with Gasteiger partial charge in [0.2, 0.25) is 0 Å². The molecule has 0 amide bonds. The summed E-state index contributed by atoms with van der Waals surface area (Å²) >= 11 is 0. The molecule has 9 heavy (non-hydrogen) atoms. The molecule has 0 N–H and O–H groups in total. The highest BCUT2D eigenvalue weighted by molar-refractivity contribution is 6.18. The van der Waals surface area contributed by atoms with Crippen LogP contribution in [-0.4, -0.2) is 10.2 Å². The quantitative estimate of drug-likeness (QED) is 0.379. The van der Waals surface area contributed by atoms with Gasteiger partial charge in [-0.25, -0.2) is 0 Å². The van der Waals surface area contributed by atoms with Crippen LogP contribution in [0.3, 0.4) is 0 Å². The third-order valence-corrected chi connectivity index (χ3v) is 2.04. The molecule has 0 aromatic carbocycles. The van der Waals surface area contributed by atoms with Gasteiger partial charge in [0.1, 0.15) is 0 Å². The molecule has 0 nitrogen and oxygen atoms in total. The van der Waals surface area contributed by atoms with Crippen LogP contribution in [-0.2, 0) is 0 Å². The molecule has 0 aromatic heterocycles. The molecule has 1 heteroatoms. The summed E-state index contributed by atoms with van der Waals surface area (Å²) in [5.41, 5.74) is 0. The molecule has 0 aliphatic heterocycles. The largest absolute Gasteiger partial charge is 0.103 e. The Hall–Kier alpha value is -0.563. The van der Waals surface area contributed by atoms with Crippen LogP contribution in [0.2, 0.25) is 5.04 Å². The van der Waals surface area contributed by atoms with Crippen molar-refractivity contribution >= 4 is 10.2 Å². The Kier molecular flexibility index (Phi) is 1.72. The Morgan fingerprint density at radius 3 is 2.67 bits per heavy atom. The summed E-state index contributed by atoms with van der Waals surface area (Å²) < 4.78 is 0. The molecule has 0 saturated heterocycles. The van der Waals surface area contributed by atoms with Gasteiger partial charge in [-0.2, -0.15) is 0 Å². The second kappa shape index (κ2) is 2.36. The number of hydrogen-bond donors (Lipinski definition) is 0. The van der Waals surface area contributed by atoms with Gasteiger partial charge in [-0.15, -0.1) is 6.58 Å². The van der Waals surface area contributed by atoms with Crippen LogP contribution in [0.1, 0.15) is 6.42 Å². The average molecular weight is 133 g/mol. The minimum absolute atomic E-state index is 0.0226. The summed E-state index contributed by atoms with van der Waals surface area (Å²) in [5.74, 6) is 0. The summed E-state index contributed by atoms with van der Waals surface area (Å²) in [7, 11) is 3.59. The van der Waals surface area contributed by atoms with Crippen LogP contribution in [0.25, 0.3) is 0 Å². The lowest BCUT2D eigenvalue weighted by molar-refractivity contribution is 0.851. The second-order valence-electron chi connectivity index (χ2n) is 2.24. The maximum atomic E-state index is 3.72. The van der Waals surface area contributed by atoms with Gasteiger partial charge in [0, 0.05) is 10.2 Å². The zero-order chi connectivity index (χ0) is 6.74. The van der Waals surface area contributed by atoms with Crippen LogP contribution >= 0.6 is 0 Å². The predicted octanol–water partition coefficient (Wildman–Crippen LogP) is 2.02.